The second kappa shape index (κ2) is 22.0. The minimum absolute atomic E-state index is 0.00405. The Bertz CT molecular complexity index is 1580. The lowest BCUT2D eigenvalue weighted by molar-refractivity contribution is -0.192. The van der Waals surface area contributed by atoms with Gasteiger partial charge in [-0.3, -0.25) is 9.80 Å². The zero-order chi connectivity index (χ0) is 42.8. The summed E-state index contributed by atoms with van der Waals surface area (Å²) in [5.74, 6) is 0.855. The van der Waals surface area contributed by atoms with E-state index < -0.39 is 12.1 Å². The van der Waals surface area contributed by atoms with Crippen LogP contribution in [0.5, 0.6) is 0 Å². The summed E-state index contributed by atoms with van der Waals surface area (Å²) < 4.78 is 31.7. The number of carbonyl (C=O) groups excluding carboxylic acids is 2. The smallest absolute Gasteiger partial charge is 0.475 e. The van der Waals surface area contributed by atoms with E-state index >= 15 is 0 Å². The minimum Gasteiger partial charge on any atom is -0.475 e. The van der Waals surface area contributed by atoms with Crippen LogP contribution in [0.4, 0.5) is 22.8 Å². The summed E-state index contributed by atoms with van der Waals surface area (Å²) in [5.41, 5.74) is 6.33. The molecule has 4 atom stereocenters. The minimum atomic E-state index is -5.08. The molecule has 4 bridgehead atoms. The number of alkyl halides is 3. The van der Waals surface area contributed by atoms with E-state index in [0.717, 1.165) is 61.9 Å². The van der Waals surface area contributed by atoms with Crippen molar-refractivity contribution in [1.82, 2.24) is 31.1 Å². The van der Waals surface area contributed by atoms with Crippen LogP contribution in [0.15, 0.2) is 48.5 Å². The van der Waals surface area contributed by atoms with Gasteiger partial charge in [-0.25, -0.2) is 14.4 Å². The molecule has 5 N–H and O–H groups in total. The van der Waals surface area contributed by atoms with Crippen molar-refractivity contribution in [2.75, 3.05) is 37.7 Å². The van der Waals surface area contributed by atoms with Crippen LogP contribution >= 0.6 is 21.6 Å². The van der Waals surface area contributed by atoms with Gasteiger partial charge in [-0.15, -0.1) is 0 Å². The zero-order valence-electron chi connectivity index (χ0n) is 35.3. The molecule has 4 fully saturated rings. The van der Waals surface area contributed by atoms with Crippen molar-refractivity contribution < 1.29 is 32.7 Å². The fraction of sp³-hybridized carbons (Fsp3) is 0.674. The van der Waals surface area contributed by atoms with Crippen LogP contribution in [0.1, 0.15) is 149 Å². The Labute approximate surface area is 367 Å². The fourth-order valence-electron chi connectivity index (χ4n) is 11.0. The van der Waals surface area contributed by atoms with Gasteiger partial charge in [0.2, 0.25) is 0 Å². The lowest BCUT2D eigenvalue weighted by Gasteiger charge is -2.31. The molecule has 0 aromatic heterocycles. The molecule has 10 nitrogen and oxygen atoms in total. The maximum atomic E-state index is 12.5. The van der Waals surface area contributed by atoms with Crippen LogP contribution in [0, 0.1) is 11.8 Å². The second-order valence-electron chi connectivity index (χ2n) is 17.9. The normalized spacial score (nSPS) is 27.7. The molecular weight excluding hydrogens is 822 g/mol. The highest BCUT2D eigenvalue weighted by Crippen LogP contribution is 2.54. The third kappa shape index (κ3) is 12.3. The summed E-state index contributed by atoms with van der Waals surface area (Å²) >= 11 is 0. The number of halogens is 3. The molecule has 2 aliphatic carbocycles. The molecule has 4 aliphatic heterocycles. The first-order valence-corrected chi connectivity index (χ1v) is 25.4. The van der Waals surface area contributed by atoms with E-state index in [4.69, 9.17) is 9.90 Å². The maximum Gasteiger partial charge on any atom is 0.490 e. The van der Waals surface area contributed by atoms with E-state index in [0.29, 0.717) is 49.3 Å². The highest BCUT2D eigenvalue weighted by atomic mass is 33.1. The van der Waals surface area contributed by atoms with Crippen LogP contribution < -0.4 is 21.3 Å². The molecule has 2 aromatic carbocycles. The number of benzene rings is 2. The van der Waals surface area contributed by atoms with Gasteiger partial charge in [0.1, 0.15) is 0 Å². The fourth-order valence-corrected chi connectivity index (χ4v) is 13.2. The Balaban J connectivity index is 0.000000739. The molecule has 1 unspecified atom stereocenters. The van der Waals surface area contributed by atoms with E-state index in [1.807, 2.05) is 21.6 Å². The number of carboxylic acids is 1. The summed E-state index contributed by atoms with van der Waals surface area (Å²) in [7, 11) is 3.73. The average molecular weight is 887 g/mol. The molecule has 2 saturated heterocycles. The lowest BCUT2D eigenvalue weighted by Crippen LogP contribution is -2.44. The quantitative estimate of drug-likeness (QED) is 0.0786. The third-order valence-corrected chi connectivity index (χ3v) is 16.7. The lowest BCUT2D eigenvalue weighted by atomic mass is 9.84. The van der Waals surface area contributed by atoms with Gasteiger partial charge in [0.25, 0.3) is 0 Å². The van der Waals surface area contributed by atoms with Gasteiger partial charge >= 0.3 is 24.2 Å². The van der Waals surface area contributed by atoms with Gasteiger partial charge in [-0.2, -0.15) is 13.2 Å². The van der Waals surface area contributed by atoms with Crippen molar-refractivity contribution in [2.45, 2.75) is 145 Å². The number of carbonyl (C=O) groups is 3. The van der Waals surface area contributed by atoms with Crippen LogP contribution in [-0.2, 0) is 4.79 Å². The van der Waals surface area contributed by atoms with Crippen molar-refractivity contribution in [3.63, 3.8) is 0 Å². The number of amides is 4. The topological polar surface area (TPSA) is 126 Å². The summed E-state index contributed by atoms with van der Waals surface area (Å²) in [6.45, 7) is 3.87. The van der Waals surface area contributed by atoms with Crippen molar-refractivity contribution in [3.05, 3.63) is 70.8 Å². The highest BCUT2D eigenvalue weighted by Gasteiger charge is 2.44. The van der Waals surface area contributed by atoms with Crippen molar-refractivity contribution in [1.29, 1.82) is 0 Å². The molecule has 15 heteroatoms. The maximum absolute atomic E-state index is 12.5. The number of hydrogen-bond acceptors (Lipinski definition) is 7. The molecule has 0 radical (unpaired) electrons. The van der Waals surface area contributed by atoms with E-state index in [9.17, 15) is 22.8 Å². The van der Waals surface area contributed by atoms with Crippen LogP contribution in [0.25, 0.3) is 0 Å². The first-order valence-electron chi connectivity index (χ1n) is 22.9. The van der Waals surface area contributed by atoms with Gasteiger partial charge in [-0.1, -0.05) is 70.1 Å². The number of hydrogen-bond donors (Lipinski definition) is 5. The van der Waals surface area contributed by atoms with Gasteiger partial charge in [0.15, 0.2) is 0 Å². The van der Waals surface area contributed by atoms with Gasteiger partial charge in [0.05, 0.1) is 0 Å². The van der Waals surface area contributed by atoms with E-state index in [1.165, 1.54) is 77.3 Å². The molecule has 2 aromatic rings. The number of aliphatic carboxylic acids is 1. The molecule has 2 saturated carbocycles. The Morgan fingerprint density at radius 2 is 0.902 bits per heavy atom. The molecule has 6 aliphatic rings. The van der Waals surface area contributed by atoms with E-state index in [-0.39, 0.29) is 12.1 Å². The van der Waals surface area contributed by atoms with Gasteiger partial charge in [-0.05, 0) is 150 Å². The molecule has 4 heterocycles. The number of nitrogens with one attached hydrogen (secondary N) is 4. The van der Waals surface area contributed by atoms with Gasteiger partial charge in [0, 0.05) is 60.8 Å². The Hall–Kier alpha value is -3.14. The predicted molar refractivity (Wildman–Crippen MR) is 237 cm³/mol. The standard InChI is InChI=1S/C44H64N6O2S2.C2HF3O2/c51-43(47-33-15-11-31(12-16-33)23-27-49-39-19-20-40(49)36-8-2-1-7-35(36)39)45-25-5-29-53-54-30-6-26-46-44(52)48-34-17-13-32(14-18-34)24-28-50-41-21-22-42(50)38-10-4-3-9-37(38)41;3-2(4,5)1(6)7/h1-4,7-10,31-34,39-42H,5-6,11-30H2,(H2,45,47,51)(H2,46,48,52);(H,6,7)/t31?,32?,33?,34?,39-,40+,41-,42?;/m1./s1. The first-order chi connectivity index (χ1) is 29.5. The Morgan fingerprint density at radius 1 is 0.574 bits per heavy atom. The molecule has 336 valence electrons. The Kier molecular flexibility index (Phi) is 16.5. The number of nitrogens with zero attached hydrogens (tertiary/aromatic N) is 2. The molecule has 4 amide bonds. The molecule has 61 heavy (non-hydrogen) atoms. The van der Waals surface area contributed by atoms with Crippen LogP contribution in [0.3, 0.4) is 0 Å². The number of urea groups is 2. The second-order valence-corrected chi connectivity index (χ2v) is 20.6. The Morgan fingerprint density at radius 3 is 1.21 bits per heavy atom. The number of rotatable bonds is 17. The first kappa shape index (κ1) is 45.9. The van der Waals surface area contributed by atoms with Crippen LogP contribution in [0.2, 0.25) is 0 Å². The van der Waals surface area contributed by atoms with Crippen molar-refractivity contribution in [3.8, 4) is 0 Å². The summed E-state index contributed by atoms with van der Waals surface area (Å²) in [5, 5.41) is 19.8. The number of carboxylic acid groups (broad SMARTS) is 1. The zero-order valence-corrected chi connectivity index (χ0v) is 36.9. The summed E-state index contributed by atoms with van der Waals surface area (Å²) in [4.78, 5) is 39.5. The van der Waals surface area contributed by atoms with E-state index in [2.05, 4.69) is 79.6 Å². The largest absolute Gasteiger partial charge is 0.490 e. The molecule has 0 spiro atoms. The molecular formula is C46H65F3N6O4S2. The SMILES string of the molecule is O=C(NCCCSSCCCNC(=O)NC1CCC(CCN2[C@@H]3CC[C@H]2c2ccccc23)CC1)NC1CCC(CCN2C3CC[C@@H]2c2ccccc23)CC1.O=C(O)C(F)(F)F. The highest BCUT2D eigenvalue weighted by molar-refractivity contribution is 8.76. The third-order valence-electron chi connectivity index (χ3n) is 14.1. The summed E-state index contributed by atoms with van der Waals surface area (Å²) in [6.07, 6.45) is 14.0. The van der Waals surface area contributed by atoms with Crippen molar-refractivity contribution >= 4 is 39.6 Å². The van der Waals surface area contributed by atoms with Crippen molar-refractivity contribution in [2.24, 2.45) is 11.8 Å². The average Bonchev–Trinajstić information content (AvgIpc) is 4.02. The monoisotopic (exact) mass is 886 g/mol. The predicted octanol–water partition coefficient (Wildman–Crippen LogP) is 10.1. The van der Waals surface area contributed by atoms with Crippen LogP contribution in [-0.4, -0.2) is 88.9 Å². The summed E-state index contributed by atoms with van der Waals surface area (Å²) in [6, 6.07) is 21.4. The number of fused-ring (bicyclic) bond motifs is 10. The molecule has 8 rings (SSSR count). The van der Waals surface area contributed by atoms with Gasteiger partial charge < -0.3 is 26.4 Å². The van der Waals surface area contributed by atoms with E-state index in [1.54, 1.807) is 22.3 Å².